The molecule has 1 aromatic carbocycles. The zero-order valence-corrected chi connectivity index (χ0v) is 10.7. The van der Waals surface area contributed by atoms with E-state index in [2.05, 4.69) is 33.3 Å². The first kappa shape index (κ1) is 11.8. The van der Waals surface area contributed by atoms with Gasteiger partial charge in [0.15, 0.2) is 0 Å². The Kier molecular flexibility index (Phi) is 3.24. The highest BCUT2D eigenvalue weighted by Gasteiger charge is 2.04. The molecule has 0 spiro atoms. The molecule has 0 unspecified atom stereocenters. The van der Waals surface area contributed by atoms with E-state index in [-0.39, 0.29) is 5.28 Å². The van der Waals surface area contributed by atoms with Crippen LogP contribution in [0.25, 0.3) is 0 Å². The van der Waals surface area contributed by atoms with Gasteiger partial charge in [-0.1, -0.05) is 17.7 Å². The largest absolute Gasteiger partial charge is 0.324 e. The monoisotopic (exact) mass is 248 g/mol. The first-order chi connectivity index (χ1) is 8.04. The zero-order chi connectivity index (χ0) is 12.4. The van der Waals surface area contributed by atoms with Gasteiger partial charge in [-0.3, -0.25) is 0 Å². The van der Waals surface area contributed by atoms with E-state index in [1.165, 1.54) is 5.56 Å². The number of halogens is 1. The standard InChI is InChI=1S/C12H13ClN4/c1-7-4-5-10(8(2)6-7)16-12-15-9(3)14-11(13)17-12/h4-6H,1-3H3,(H,14,15,16,17). The summed E-state index contributed by atoms with van der Waals surface area (Å²) < 4.78 is 0. The van der Waals surface area contributed by atoms with Crippen LogP contribution in [-0.2, 0) is 0 Å². The maximum atomic E-state index is 5.78. The van der Waals surface area contributed by atoms with E-state index in [9.17, 15) is 0 Å². The number of anilines is 2. The zero-order valence-electron chi connectivity index (χ0n) is 9.95. The average Bonchev–Trinajstić information content (AvgIpc) is 2.21. The average molecular weight is 249 g/mol. The van der Waals surface area contributed by atoms with Crippen molar-refractivity contribution in [3.05, 3.63) is 40.4 Å². The molecular formula is C12H13ClN4. The smallest absolute Gasteiger partial charge is 0.231 e. The number of hydrogen-bond donors (Lipinski definition) is 1. The lowest BCUT2D eigenvalue weighted by Gasteiger charge is -2.09. The SMILES string of the molecule is Cc1ccc(Nc2nc(C)nc(Cl)n2)c(C)c1. The minimum atomic E-state index is 0.199. The Balaban J connectivity index is 2.31. The third kappa shape index (κ3) is 2.91. The first-order valence-corrected chi connectivity index (χ1v) is 5.65. The van der Waals surface area contributed by atoms with Gasteiger partial charge in [-0.15, -0.1) is 0 Å². The molecule has 2 rings (SSSR count). The van der Waals surface area contributed by atoms with E-state index in [4.69, 9.17) is 11.6 Å². The van der Waals surface area contributed by atoms with Gasteiger partial charge in [0.2, 0.25) is 11.2 Å². The maximum absolute atomic E-state index is 5.78. The van der Waals surface area contributed by atoms with Crippen molar-refractivity contribution in [2.75, 3.05) is 5.32 Å². The minimum absolute atomic E-state index is 0.199. The van der Waals surface area contributed by atoms with E-state index in [0.717, 1.165) is 11.3 Å². The van der Waals surface area contributed by atoms with Gasteiger partial charge >= 0.3 is 0 Å². The molecule has 1 heterocycles. The molecule has 1 N–H and O–H groups in total. The predicted molar refractivity (Wildman–Crippen MR) is 68.8 cm³/mol. The second-order valence-corrected chi connectivity index (χ2v) is 4.26. The lowest BCUT2D eigenvalue weighted by molar-refractivity contribution is 0.982. The third-order valence-corrected chi connectivity index (χ3v) is 2.52. The molecule has 0 saturated heterocycles. The summed E-state index contributed by atoms with van der Waals surface area (Å²) in [5, 5.41) is 3.33. The van der Waals surface area contributed by atoms with E-state index in [0.29, 0.717) is 11.8 Å². The fourth-order valence-corrected chi connectivity index (χ4v) is 1.78. The quantitative estimate of drug-likeness (QED) is 0.887. The molecule has 88 valence electrons. The number of benzene rings is 1. The maximum Gasteiger partial charge on any atom is 0.231 e. The van der Waals surface area contributed by atoms with Crippen LogP contribution in [0.5, 0.6) is 0 Å². The van der Waals surface area contributed by atoms with Gasteiger partial charge in [-0.05, 0) is 44.0 Å². The summed E-state index contributed by atoms with van der Waals surface area (Å²) in [6.07, 6.45) is 0. The molecule has 17 heavy (non-hydrogen) atoms. The van der Waals surface area contributed by atoms with Crippen LogP contribution in [0, 0.1) is 20.8 Å². The molecule has 0 amide bonds. The molecule has 0 aliphatic carbocycles. The molecule has 0 bridgehead atoms. The molecule has 2 aromatic rings. The molecule has 5 heteroatoms. The number of rotatable bonds is 2. The summed E-state index contributed by atoms with van der Waals surface area (Å²) in [7, 11) is 0. The lowest BCUT2D eigenvalue weighted by Crippen LogP contribution is -2.02. The third-order valence-electron chi connectivity index (χ3n) is 2.35. The Labute approximate surface area is 105 Å². The highest BCUT2D eigenvalue weighted by molar-refractivity contribution is 6.28. The molecule has 0 radical (unpaired) electrons. The number of nitrogens with one attached hydrogen (secondary N) is 1. The topological polar surface area (TPSA) is 50.7 Å². The fourth-order valence-electron chi connectivity index (χ4n) is 1.58. The van der Waals surface area contributed by atoms with Crippen molar-refractivity contribution in [2.45, 2.75) is 20.8 Å². The van der Waals surface area contributed by atoms with Gasteiger partial charge in [0.25, 0.3) is 0 Å². The first-order valence-electron chi connectivity index (χ1n) is 5.27. The van der Waals surface area contributed by atoms with Crippen molar-refractivity contribution in [1.29, 1.82) is 0 Å². The van der Waals surface area contributed by atoms with Crippen molar-refractivity contribution in [3.8, 4) is 0 Å². The molecular weight excluding hydrogens is 236 g/mol. The summed E-state index contributed by atoms with van der Waals surface area (Å²) in [5.74, 6) is 1.06. The van der Waals surface area contributed by atoms with Gasteiger partial charge in [-0.25, -0.2) is 4.98 Å². The Morgan fingerprint density at radius 3 is 2.47 bits per heavy atom. The van der Waals surface area contributed by atoms with Gasteiger partial charge in [0.05, 0.1) is 0 Å². The van der Waals surface area contributed by atoms with Crippen molar-refractivity contribution in [2.24, 2.45) is 0 Å². The molecule has 0 fully saturated rings. The number of hydrogen-bond acceptors (Lipinski definition) is 4. The Bertz CT molecular complexity index is 534. The molecule has 0 aliphatic heterocycles. The molecule has 0 aliphatic rings. The summed E-state index contributed by atoms with van der Waals surface area (Å²) in [6, 6.07) is 6.13. The molecule has 0 atom stereocenters. The van der Waals surface area contributed by atoms with Crippen molar-refractivity contribution < 1.29 is 0 Å². The van der Waals surface area contributed by atoms with E-state index in [1.54, 1.807) is 6.92 Å². The minimum Gasteiger partial charge on any atom is -0.324 e. The van der Waals surface area contributed by atoms with Gasteiger partial charge < -0.3 is 5.32 Å². The fraction of sp³-hybridized carbons (Fsp3) is 0.250. The molecule has 0 saturated carbocycles. The summed E-state index contributed by atoms with van der Waals surface area (Å²) in [4.78, 5) is 12.1. The van der Waals surface area contributed by atoms with Gasteiger partial charge in [0, 0.05) is 5.69 Å². The second-order valence-electron chi connectivity index (χ2n) is 3.92. The highest BCUT2D eigenvalue weighted by Crippen LogP contribution is 2.19. The van der Waals surface area contributed by atoms with E-state index < -0.39 is 0 Å². The Morgan fingerprint density at radius 2 is 1.82 bits per heavy atom. The second kappa shape index (κ2) is 4.67. The van der Waals surface area contributed by atoms with Crippen molar-refractivity contribution >= 4 is 23.2 Å². The predicted octanol–water partition coefficient (Wildman–Crippen LogP) is 3.19. The number of aromatic nitrogens is 3. The van der Waals surface area contributed by atoms with Crippen LogP contribution >= 0.6 is 11.6 Å². The summed E-state index contributed by atoms with van der Waals surface area (Å²) in [5.41, 5.74) is 3.33. The normalized spacial score (nSPS) is 10.4. The van der Waals surface area contributed by atoms with Crippen molar-refractivity contribution in [1.82, 2.24) is 15.0 Å². The van der Waals surface area contributed by atoms with Crippen LogP contribution in [0.15, 0.2) is 18.2 Å². The van der Waals surface area contributed by atoms with E-state index >= 15 is 0 Å². The highest BCUT2D eigenvalue weighted by atomic mass is 35.5. The van der Waals surface area contributed by atoms with Crippen LogP contribution in [-0.4, -0.2) is 15.0 Å². The Hall–Kier alpha value is -1.68. The lowest BCUT2D eigenvalue weighted by atomic mass is 10.1. The van der Waals surface area contributed by atoms with Crippen LogP contribution in [0.2, 0.25) is 5.28 Å². The number of nitrogens with zero attached hydrogens (tertiary/aromatic N) is 3. The molecule has 4 nitrogen and oxygen atoms in total. The van der Waals surface area contributed by atoms with Crippen molar-refractivity contribution in [3.63, 3.8) is 0 Å². The molecule has 1 aromatic heterocycles. The number of aryl methyl sites for hydroxylation is 3. The van der Waals surface area contributed by atoms with Gasteiger partial charge in [-0.2, -0.15) is 9.97 Å². The summed E-state index contributed by atoms with van der Waals surface area (Å²) >= 11 is 5.78. The van der Waals surface area contributed by atoms with Crippen LogP contribution in [0.4, 0.5) is 11.6 Å². The van der Waals surface area contributed by atoms with E-state index in [1.807, 2.05) is 19.1 Å². The van der Waals surface area contributed by atoms with Gasteiger partial charge in [0.1, 0.15) is 5.82 Å². The summed E-state index contributed by atoms with van der Waals surface area (Å²) in [6.45, 7) is 5.87. The van der Waals surface area contributed by atoms with Crippen LogP contribution in [0.3, 0.4) is 0 Å². The Morgan fingerprint density at radius 1 is 1.06 bits per heavy atom. The van der Waals surface area contributed by atoms with Crippen LogP contribution < -0.4 is 5.32 Å². The van der Waals surface area contributed by atoms with Crippen LogP contribution in [0.1, 0.15) is 17.0 Å².